The first-order valence-electron chi connectivity index (χ1n) is 21.7. The molecule has 1 unspecified atom stereocenters. The average molecular weight is 853 g/mol. The van der Waals surface area contributed by atoms with Gasteiger partial charge in [-0.1, -0.05) is 152 Å². The van der Waals surface area contributed by atoms with Gasteiger partial charge in [-0.05, 0) is 78.4 Å². The second-order valence-electron chi connectivity index (χ2n) is 16.4. The molecule has 65 heavy (non-hydrogen) atoms. The third-order valence-corrected chi connectivity index (χ3v) is 15.5. The van der Waals surface area contributed by atoms with Crippen LogP contribution < -0.4 is 15.5 Å². The third kappa shape index (κ3) is 5.69. The predicted molar refractivity (Wildman–Crippen MR) is 267 cm³/mol. The molecule has 0 aliphatic carbocycles. The van der Waals surface area contributed by atoms with E-state index >= 15 is 4.57 Å². The van der Waals surface area contributed by atoms with Crippen LogP contribution >= 0.6 is 7.29 Å². The van der Waals surface area contributed by atoms with E-state index in [1.165, 1.54) is 0 Å². The Morgan fingerprint density at radius 1 is 0.354 bits per heavy atom. The average Bonchev–Trinajstić information content (AvgIpc) is 3.88. The van der Waals surface area contributed by atoms with Crippen molar-refractivity contribution in [3.8, 4) is 45.3 Å². The van der Waals surface area contributed by atoms with Gasteiger partial charge in [-0.15, -0.1) is 0 Å². The summed E-state index contributed by atoms with van der Waals surface area (Å²) in [4.78, 5) is 15.7. The van der Waals surface area contributed by atoms with Gasteiger partial charge in [0.1, 0.15) is 0 Å². The lowest BCUT2D eigenvalue weighted by Gasteiger charge is -2.39. The summed E-state index contributed by atoms with van der Waals surface area (Å²) in [5.41, 5.74) is 11.4. The fourth-order valence-corrected chi connectivity index (χ4v) is 12.6. The van der Waals surface area contributed by atoms with E-state index < -0.39 is 7.29 Å². The van der Waals surface area contributed by atoms with Crippen molar-refractivity contribution in [2.45, 2.75) is 0 Å². The zero-order chi connectivity index (χ0) is 43.1. The van der Waals surface area contributed by atoms with Crippen LogP contribution in [0.15, 0.2) is 224 Å². The van der Waals surface area contributed by atoms with E-state index in [-0.39, 0.29) is 5.57 Å². The summed E-state index contributed by atoms with van der Waals surface area (Å²) in [6.07, 6.45) is 0. The zero-order valence-electron chi connectivity index (χ0n) is 34.9. The molecule has 0 saturated heterocycles. The van der Waals surface area contributed by atoms with Crippen molar-refractivity contribution in [1.29, 1.82) is 0 Å². The maximum absolute atomic E-state index is 17.8. The first-order valence-corrected chi connectivity index (χ1v) is 23.4. The second-order valence-corrected chi connectivity index (χ2v) is 18.8. The van der Waals surface area contributed by atoms with Gasteiger partial charge in [-0.3, -0.25) is 9.24 Å². The molecule has 1 aliphatic heterocycles. The van der Waals surface area contributed by atoms with E-state index in [2.05, 4.69) is 130 Å². The smallest absolute Gasteiger partial charge is 0.270 e. The minimum atomic E-state index is -4.12. The van der Waals surface area contributed by atoms with Gasteiger partial charge in [0, 0.05) is 60.6 Å². The summed E-state index contributed by atoms with van der Waals surface area (Å²) in [6.45, 7) is 0. The Bertz CT molecular complexity index is 3800. The number of hydrogen-bond donors (Lipinski definition) is 0. The molecule has 0 fully saturated rings. The Morgan fingerprint density at radius 2 is 0.769 bits per heavy atom. The lowest BCUT2D eigenvalue weighted by molar-refractivity contribution is 0.585. The Balaban J connectivity index is 1.22. The molecule has 3 aromatic heterocycles. The largest absolute Gasteiger partial charge is 0.309 e. The monoisotopic (exact) mass is 852 g/mol. The maximum atomic E-state index is 17.8. The molecule has 4 heterocycles. The van der Waals surface area contributed by atoms with Gasteiger partial charge in [0.15, 0.2) is 11.6 Å². The molecule has 12 aromatic rings. The van der Waals surface area contributed by atoms with E-state index in [1.54, 1.807) is 0 Å². The molecule has 0 saturated carbocycles. The molecule has 0 N–H and O–H groups in total. The van der Waals surface area contributed by atoms with Crippen molar-refractivity contribution >= 4 is 73.1 Å². The van der Waals surface area contributed by atoms with Gasteiger partial charge in [0.05, 0.1) is 27.8 Å². The highest BCUT2D eigenvalue weighted by atomic mass is 31.2. The summed E-state index contributed by atoms with van der Waals surface area (Å²) >= 11 is 0. The number of para-hydroxylation sites is 5. The lowest BCUT2D eigenvalue weighted by atomic mass is 9.97. The van der Waals surface area contributed by atoms with E-state index in [4.69, 9.17) is 15.0 Å². The molecule has 8 heteroatoms. The highest BCUT2D eigenvalue weighted by Gasteiger charge is 2.47. The molecule has 13 rings (SSSR count). The van der Waals surface area contributed by atoms with E-state index in [0.29, 0.717) is 17.0 Å². The molecule has 0 radical (unpaired) electrons. The summed E-state index contributed by atoms with van der Waals surface area (Å²) in [5.74, 6) is 0.897. The maximum Gasteiger partial charge on any atom is 0.270 e. The van der Waals surface area contributed by atoms with Crippen LogP contribution in [0, 0.1) is 0 Å². The van der Waals surface area contributed by atoms with Crippen LogP contribution in [0.4, 0.5) is 11.4 Å². The Morgan fingerprint density at radius 3 is 1.28 bits per heavy atom. The van der Waals surface area contributed by atoms with Gasteiger partial charge in [0.25, 0.3) is 7.29 Å². The molecule has 0 bridgehead atoms. The van der Waals surface area contributed by atoms with Gasteiger partial charge < -0.3 is 9.13 Å². The van der Waals surface area contributed by atoms with Crippen LogP contribution in [0.25, 0.3) is 88.9 Å². The molecule has 306 valence electrons. The topological polar surface area (TPSA) is 68.8 Å². The SMILES string of the molecule is O=P1(c2nc(-c3ccccc3)nc(-c3ccccc3)n2)c2cc3c(cc2-c2cc4c5ccccc5n(-c5ccccc5)c4cc2N1c1ccccc1)c1ccccc1n3-c1ccccc1. The Labute approximate surface area is 374 Å². The number of aromatic nitrogens is 5. The zero-order valence-corrected chi connectivity index (χ0v) is 35.8. The molecule has 9 aromatic carbocycles. The quantitative estimate of drug-likeness (QED) is 0.156. The standard InChI is InChI=1S/C57H37N6OP/c64-65(57-59-55(38-20-6-1-7-21-38)58-56(60-57)39-22-8-2-9-23-39)54-37-52-46(44-31-17-19-33-50(44)62(52)41-26-12-4-13-27-41)35-48(54)47-34-45-43-30-16-18-32-49(43)61(40-24-10-3-11-25-40)51(45)36-53(47)63(65)42-28-14-5-15-29-42/h1-37H. The molecule has 0 spiro atoms. The fraction of sp³-hybridized carbons (Fsp3) is 0. The van der Waals surface area contributed by atoms with Crippen LogP contribution in [0.5, 0.6) is 0 Å². The molecule has 7 nitrogen and oxygen atoms in total. The van der Waals surface area contributed by atoms with Crippen molar-refractivity contribution in [3.05, 3.63) is 224 Å². The summed E-state index contributed by atoms with van der Waals surface area (Å²) in [7, 11) is -4.12. The Hall–Kier alpha value is -8.38. The van der Waals surface area contributed by atoms with Crippen molar-refractivity contribution in [2.75, 3.05) is 4.67 Å². The fourth-order valence-electron chi connectivity index (χ4n) is 9.84. The van der Waals surface area contributed by atoms with Crippen LogP contribution in [-0.4, -0.2) is 24.1 Å². The van der Waals surface area contributed by atoms with E-state index in [0.717, 1.165) is 88.6 Å². The van der Waals surface area contributed by atoms with Crippen molar-refractivity contribution in [3.63, 3.8) is 0 Å². The number of fused-ring (bicyclic) bond motifs is 9. The minimum Gasteiger partial charge on any atom is -0.309 e. The number of benzene rings is 9. The lowest BCUT2D eigenvalue weighted by Crippen LogP contribution is -2.37. The summed E-state index contributed by atoms with van der Waals surface area (Å²) in [6, 6.07) is 76.8. The van der Waals surface area contributed by atoms with Gasteiger partial charge >= 0.3 is 0 Å². The van der Waals surface area contributed by atoms with Gasteiger partial charge in [-0.25, -0.2) is 15.0 Å². The third-order valence-electron chi connectivity index (χ3n) is 12.7. The van der Waals surface area contributed by atoms with E-state index in [9.17, 15) is 0 Å². The van der Waals surface area contributed by atoms with Gasteiger partial charge in [-0.2, -0.15) is 0 Å². The first kappa shape index (κ1) is 37.2. The molecular weight excluding hydrogens is 816 g/mol. The van der Waals surface area contributed by atoms with Crippen LogP contribution in [0.2, 0.25) is 0 Å². The van der Waals surface area contributed by atoms with E-state index in [1.807, 2.05) is 108 Å². The normalized spacial score (nSPS) is 14.6. The molecular formula is C57H37N6OP. The second kappa shape index (κ2) is 14.6. The van der Waals surface area contributed by atoms with Crippen molar-refractivity contribution < 1.29 is 4.57 Å². The van der Waals surface area contributed by atoms with Crippen LogP contribution in [-0.2, 0) is 4.57 Å². The molecule has 1 aliphatic rings. The molecule has 1 atom stereocenters. The number of anilines is 2. The summed E-state index contributed by atoms with van der Waals surface area (Å²) in [5, 5.41) is 5.05. The highest BCUT2D eigenvalue weighted by molar-refractivity contribution is 7.80. The first-order chi connectivity index (χ1) is 32.1. The van der Waals surface area contributed by atoms with Crippen molar-refractivity contribution in [2.24, 2.45) is 0 Å². The molecule has 0 amide bonds. The number of rotatable bonds is 6. The summed E-state index contributed by atoms with van der Waals surface area (Å²) < 4.78 is 24.5. The van der Waals surface area contributed by atoms with Crippen molar-refractivity contribution in [1.82, 2.24) is 24.1 Å². The Kier molecular flexibility index (Phi) is 8.35. The van der Waals surface area contributed by atoms with Gasteiger partial charge in [0.2, 0.25) is 5.57 Å². The minimum absolute atomic E-state index is 0.200. The number of hydrogen-bond acceptors (Lipinski definition) is 4. The highest BCUT2D eigenvalue weighted by Crippen LogP contribution is 2.62. The predicted octanol–water partition coefficient (Wildman–Crippen LogP) is 13.4. The number of nitrogens with zero attached hydrogens (tertiary/aromatic N) is 6. The van der Waals surface area contributed by atoms with Crippen LogP contribution in [0.1, 0.15) is 0 Å². The van der Waals surface area contributed by atoms with Crippen LogP contribution in [0.3, 0.4) is 0 Å².